The van der Waals surface area contributed by atoms with E-state index in [1.165, 1.54) is 12.8 Å². The van der Waals surface area contributed by atoms with E-state index < -0.39 is 0 Å². The third-order valence-electron chi connectivity index (χ3n) is 3.37. The number of benzene rings is 1. The Balaban J connectivity index is 2.37. The Kier molecular flexibility index (Phi) is 2.85. The number of hydrogen-bond donors (Lipinski definition) is 2. The largest absolute Gasteiger partial charge is 0.508 e. The first-order valence-corrected chi connectivity index (χ1v) is 5.77. The highest BCUT2D eigenvalue weighted by atomic mass is 16.3. The van der Waals surface area contributed by atoms with Gasteiger partial charge in [-0.3, -0.25) is 0 Å². The van der Waals surface area contributed by atoms with Gasteiger partial charge < -0.3 is 10.2 Å². The molecule has 1 aliphatic carbocycles. The van der Waals surface area contributed by atoms with Crippen LogP contribution in [-0.4, -0.2) is 10.2 Å². The lowest BCUT2D eigenvalue weighted by molar-refractivity contribution is 0.427. The third-order valence-corrected chi connectivity index (χ3v) is 3.37. The first-order chi connectivity index (χ1) is 7.22. The lowest BCUT2D eigenvalue weighted by Crippen LogP contribution is -1.95. The minimum atomic E-state index is 0.277. The third kappa shape index (κ3) is 1.94. The molecule has 0 aliphatic heterocycles. The fourth-order valence-corrected chi connectivity index (χ4v) is 2.52. The summed E-state index contributed by atoms with van der Waals surface area (Å²) in [6.45, 7) is 2.02. The van der Waals surface area contributed by atoms with Crippen molar-refractivity contribution >= 4 is 0 Å². The van der Waals surface area contributed by atoms with Crippen molar-refractivity contribution in [3.63, 3.8) is 0 Å². The molecular formula is C13H18O2. The molecule has 1 aromatic carbocycles. The van der Waals surface area contributed by atoms with Gasteiger partial charge in [-0.2, -0.15) is 0 Å². The van der Waals surface area contributed by atoms with Gasteiger partial charge in [-0.15, -0.1) is 0 Å². The fourth-order valence-electron chi connectivity index (χ4n) is 2.52. The first-order valence-electron chi connectivity index (χ1n) is 5.77. The van der Waals surface area contributed by atoms with Crippen LogP contribution >= 0.6 is 0 Å². The molecular weight excluding hydrogens is 188 g/mol. The van der Waals surface area contributed by atoms with Crippen LogP contribution in [0.4, 0.5) is 0 Å². The van der Waals surface area contributed by atoms with E-state index in [4.69, 9.17) is 0 Å². The van der Waals surface area contributed by atoms with Gasteiger partial charge in [-0.1, -0.05) is 19.8 Å². The second kappa shape index (κ2) is 4.13. The normalized spacial score (nSPS) is 17.1. The van der Waals surface area contributed by atoms with Crippen molar-refractivity contribution < 1.29 is 10.2 Å². The van der Waals surface area contributed by atoms with Gasteiger partial charge in [-0.05, 0) is 42.9 Å². The molecule has 0 saturated heterocycles. The molecule has 2 heteroatoms. The van der Waals surface area contributed by atoms with Gasteiger partial charge >= 0.3 is 0 Å². The summed E-state index contributed by atoms with van der Waals surface area (Å²) in [6, 6.07) is 3.57. The van der Waals surface area contributed by atoms with Crippen molar-refractivity contribution in [1.82, 2.24) is 0 Å². The first kappa shape index (κ1) is 10.3. The molecule has 0 heterocycles. The summed E-state index contributed by atoms with van der Waals surface area (Å²) in [5.74, 6) is 0.911. The molecule has 2 nitrogen and oxygen atoms in total. The molecule has 15 heavy (non-hydrogen) atoms. The SMILES string of the molecule is CCc1cc(O)c(C2CCCC2)c(O)c1. The molecule has 1 aliphatic rings. The van der Waals surface area contributed by atoms with Crippen molar-refractivity contribution in [3.8, 4) is 11.5 Å². The van der Waals surface area contributed by atoms with Crippen LogP contribution < -0.4 is 0 Å². The minimum Gasteiger partial charge on any atom is -0.508 e. The van der Waals surface area contributed by atoms with Crippen LogP contribution in [0.15, 0.2) is 12.1 Å². The number of hydrogen-bond acceptors (Lipinski definition) is 2. The predicted octanol–water partition coefficient (Wildman–Crippen LogP) is 3.32. The average Bonchev–Trinajstić information content (AvgIpc) is 2.69. The molecule has 0 amide bonds. The van der Waals surface area contributed by atoms with Crippen molar-refractivity contribution in [2.75, 3.05) is 0 Å². The van der Waals surface area contributed by atoms with E-state index in [1.807, 2.05) is 6.92 Å². The van der Waals surface area contributed by atoms with Crippen LogP contribution in [0.1, 0.15) is 49.7 Å². The second-order valence-electron chi connectivity index (χ2n) is 4.38. The fraction of sp³-hybridized carbons (Fsp3) is 0.538. The number of rotatable bonds is 2. The number of aromatic hydroxyl groups is 2. The quantitative estimate of drug-likeness (QED) is 0.779. The van der Waals surface area contributed by atoms with Gasteiger partial charge in [0.1, 0.15) is 11.5 Å². The number of aryl methyl sites for hydroxylation is 1. The summed E-state index contributed by atoms with van der Waals surface area (Å²) < 4.78 is 0. The average molecular weight is 206 g/mol. The van der Waals surface area contributed by atoms with Crippen LogP contribution in [0.5, 0.6) is 11.5 Å². The van der Waals surface area contributed by atoms with Crippen LogP contribution in [0.25, 0.3) is 0 Å². The molecule has 2 rings (SSSR count). The molecule has 1 aromatic rings. The molecule has 0 radical (unpaired) electrons. The summed E-state index contributed by atoms with van der Waals surface area (Å²) in [7, 11) is 0. The zero-order chi connectivity index (χ0) is 10.8. The van der Waals surface area contributed by atoms with Crippen molar-refractivity contribution in [2.45, 2.75) is 44.9 Å². The molecule has 0 spiro atoms. The van der Waals surface area contributed by atoms with Gasteiger partial charge in [-0.25, -0.2) is 0 Å². The van der Waals surface area contributed by atoms with Crippen LogP contribution in [0, 0.1) is 0 Å². The van der Waals surface area contributed by atoms with Gasteiger partial charge in [0.05, 0.1) is 0 Å². The van der Waals surface area contributed by atoms with Crippen molar-refractivity contribution in [3.05, 3.63) is 23.3 Å². The van der Waals surface area contributed by atoms with Gasteiger partial charge in [0.25, 0.3) is 0 Å². The van der Waals surface area contributed by atoms with Crippen LogP contribution in [0.3, 0.4) is 0 Å². The van der Waals surface area contributed by atoms with Crippen molar-refractivity contribution in [2.24, 2.45) is 0 Å². The molecule has 0 aromatic heterocycles. The van der Waals surface area contributed by atoms with Crippen molar-refractivity contribution in [1.29, 1.82) is 0 Å². The lowest BCUT2D eigenvalue weighted by atomic mass is 9.94. The molecule has 2 N–H and O–H groups in total. The predicted molar refractivity (Wildman–Crippen MR) is 60.4 cm³/mol. The van der Waals surface area contributed by atoms with Gasteiger partial charge in [0.2, 0.25) is 0 Å². The summed E-state index contributed by atoms with van der Waals surface area (Å²) in [5, 5.41) is 19.8. The maximum atomic E-state index is 9.90. The highest BCUT2D eigenvalue weighted by molar-refractivity contribution is 5.49. The maximum absolute atomic E-state index is 9.90. The van der Waals surface area contributed by atoms with E-state index in [2.05, 4.69) is 0 Å². The van der Waals surface area contributed by atoms with E-state index in [1.54, 1.807) is 12.1 Å². The highest BCUT2D eigenvalue weighted by Gasteiger charge is 2.23. The molecule has 0 unspecified atom stereocenters. The maximum Gasteiger partial charge on any atom is 0.123 e. The van der Waals surface area contributed by atoms with Crippen LogP contribution in [0.2, 0.25) is 0 Å². The van der Waals surface area contributed by atoms with E-state index in [9.17, 15) is 10.2 Å². The van der Waals surface area contributed by atoms with Crippen LogP contribution in [-0.2, 0) is 6.42 Å². The Morgan fingerprint density at radius 2 is 1.67 bits per heavy atom. The Labute approximate surface area is 90.6 Å². The summed E-state index contributed by atoms with van der Waals surface area (Å²) in [6.07, 6.45) is 5.43. The molecule has 82 valence electrons. The summed E-state index contributed by atoms with van der Waals surface area (Å²) in [5.41, 5.74) is 1.76. The molecule has 0 atom stereocenters. The highest BCUT2D eigenvalue weighted by Crippen LogP contribution is 2.43. The molecule has 1 saturated carbocycles. The van der Waals surface area contributed by atoms with E-state index in [0.29, 0.717) is 5.92 Å². The van der Waals surface area contributed by atoms with Gasteiger partial charge in [0, 0.05) is 5.56 Å². The zero-order valence-electron chi connectivity index (χ0n) is 9.16. The van der Waals surface area contributed by atoms with E-state index in [0.717, 1.165) is 30.4 Å². The monoisotopic (exact) mass is 206 g/mol. The van der Waals surface area contributed by atoms with E-state index >= 15 is 0 Å². The Hall–Kier alpha value is -1.18. The summed E-state index contributed by atoms with van der Waals surface area (Å²) >= 11 is 0. The number of phenolic OH excluding ortho intramolecular Hbond substituents is 2. The Morgan fingerprint density at radius 1 is 1.13 bits per heavy atom. The standard InChI is InChI=1S/C13H18O2/c1-2-9-7-11(14)13(12(15)8-9)10-5-3-4-6-10/h7-8,10,14-15H,2-6H2,1H3. The lowest BCUT2D eigenvalue weighted by Gasteiger charge is -2.14. The molecule has 0 bridgehead atoms. The second-order valence-corrected chi connectivity index (χ2v) is 4.38. The Morgan fingerprint density at radius 3 is 2.13 bits per heavy atom. The van der Waals surface area contributed by atoms with Gasteiger partial charge in [0.15, 0.2) is 0 Å². The Bertz CT molecular complexity index is 329. The molecule has 1 fully saturated rings. The summed E-state index contributed by atoms with van der Waals surface area (Å²) in [4.78, 5) is 0. The topological polar surface area (TPSA) is 40.5 Å². The smallest absolute Gasteiger partial charge is 0.123 e. The minimum absolute atomic E-state index is 0.277. The van der Waals surface area contributed by atoms with E-state index in [-0.39, 0.29) is 11.5 Å². The number of phenols is 2. The zero-order valence-corrected chi connectivity index (χ0v) is 9.16.